The first-order valence-corrected chi connectivity index (χ1v) is 16.7. The Morgan fingerprint density at radius 1 is 0.865 bits per heavy atom. The van der Waals surface area contributed by atoms with Crippen molar-refractivity contribution in [3.8, 4) is 33.6 Å². The quantitative estimate of drug-likeness (QED) is 0.166. The summed E-state index contributed by atoms with van der Waals surface area (Å²) in [5, 5.41) is 1.48. The number of rotatable bonds is 3. The molecular formula is C45H41F2IrN3O-2. The van der Waals surface area contributed by atoms with Crippen molar-refractivity contribution in [2.75, 3.05) is 0 Å². The maximum Gasteiger partial charge on any atom is 0.270 e. The summed E-state index contributed by atoms with van der Waals surface area (Å²) in [6.45, 7) is 9.44. The van der Waals surface area contributed by atoms with Gasteiger partial charge in [0, 0.05) is 65.1 Å². The van der Waals surface area contributed by atoms with Crippen LogP contribution < -0.4 is 0 Å². The van der Waals surface area contributed by atoms with Crippen LogP contribution in [0.4, 0.5) is 8.78 Å². The molecule has 7 aromatic rings. The van der Waals surface area contributed by atoms with Crippen LogP contribution in [-0.4, -0.2) is 15.0 Å². The fraction of sp³-hybridized carbons (Fsp3) is 0.267. The van der Waals surface area contributed by atoms with Crippen molar-refractivity contribution in [2.24, 2.45) is 5.41 Å². The number of hydrogen-bond acceptors (Lipinski definition) is 4. The molecule has 0 atom stereocenters. The summed E-state index contributed by atoms with van der Waals surface area (Å²) in [6.07, 6.45) is -1.15. The Kier molecular flexibility index (Phi) is 7.85. The molecule has 0 bridgehead atoms. The number of benzene rings is 3. The average Bonchev–Trinajstić information content (AvgIpc) is 3.55. The summed E-state index contributed by atoms with van der Waals surface area (Å²) >= 11 is 0. The van der Waals surface area contributed by atoms with Gasteiger partial charge in [0.1, 0.15) is 0 Å². The molecule has 4 heterocycles. The topological polar surface area (TPSA) is 51.8 Å². The van der Waals surface area contributed by atoms with E-state index in [0.29, 0.717) is 44.6 Å². The van der Waals surface area contributed by atoms with E-state index in [-0.39, 0.29) is 53.6 Å². The van der Waals surface area contributed by atoms with Crippen LogP contribution in [0.3, 0.4) is 0 Å². The van der Waals surface area contributed by atoms with Gasteiger partial charge in [0.25, 0.3) is 5.92 Å². The monoisotopic (exact) mass is 877 g/mol. The number of aromatic nitrogens is 3. The molecule has 0 amide bonds. The van der Waals surface area contributed by atoms with Crippen LogP contribution in [0.5, 0.6) is 0 Å². The first-order valence-electron chi connectivity index (χ1n) is 20.2. The van der Waals surface area contributed by atoms with Gasteiger partial charge in [0.2, 0.25) is 5.71 Å². The molecule has 8 rings (SSSR count). The third-order valence-corrected chi connectivity index (χ3v) is 8.55. The SMILES string of the molecule is [2H]C([2H])([2H])c1ccc2c(n1)oc1c(-c3cc(C([2H])([2H])C(C)(C)C)ccn3)[c-]ccc12.[2H]C1([2H])c2c(-c3ccc(C(C)(C)C)cn3)[c-]ccc2-c2ccccc2C1(F)F.[Ir]. The smallest absolute Gasteiger partial charge is 0.270 e. The zero-order valence-corrected chi connectivity index (χ0v) is 32.0. The molecule has 0 unspecified atom stereocenters. The molecule has 52 heavy (non-hydrogen) atoms. The predicted octanol–water partition coefficient (Wildman–Crippen LogP) is 11.9. The fourth-order valence-corrected chi connectivity index (χ4v) is 6.15. The molecule has 0 fully saturated rings. The Balaban J connectivity index is 0.000000195. The molecule has 0 saturated carbocycles. The molecule has 3 aromatic carbocycles. The second-order valence-electron chi connectivity index (χ2n) is 14.6. The Morgan fingerprint density at radius 3 is 2.37 bits per heavy atom. The average molecular weight is 877 g/mol. The molecule has 7 heteroatoms. The molecule has 0 N–H and O–H groups in total. The minimum absolute atomic E-state index is 0. The number of aryl methyl sites for hydroxylation is 1. The van der Waals surface area contributed by atoms with Gasteiger partial charge in [0.15, 0.2) is 0 Å². The Bertz CT molecular complexity index is 2680. The normalized spacial score (nSPS) is 17.0. The number of hydrogen-bond donors (Lipinski definition) is 0. The summed E-state index contributed by atoms with van der Waals surface area (Å²) in [5.74, 6) is -3.66. The van der Waals surface area contributed by atoms with E-state index in [1.807, 2.05) is 32.9 Å². The molecule has 4 aromatic heterocycles. The summed E-state index contributed by atoms with van der Waals surface area (Å²) < 4.78 is 92.8. The molecule has 1 aliphatic carbocycles. The number of nitrogens with zero attached hydrogens (tertiary/aromatic N) is 3. The summed E-state index contributed by atoms with van der Waals surface area (Å²) in [4.78, 5) is 13.0. The van der Waals surface area contributed by atoms with Gasteiger partial charge >= 0.3 is 0 Å². The standard InChI is InChI=1S/C23H20F2N.C22H21N2O.Ir/c1-22(2,3)15-11-12-21(26-14-15)18-9-6-8-16-17-7-4-5-10-20(17)23(24,25)13-19(16)18;1-14-8-9-17-16-6-5-7-18(20(16)25-21(17)24-14)19-12-15(10-11-23-19)13-22(2,3)4;/h4-8,10-12,14H,13H2,1-3H3;5-6,8-12H,13H2,1-4H3;/q2*-1;/i13D2;1D3,13D2;. The van der Waals surface area contributed by atoms with Gasteiger partial charge in [0.05, 0.1) is 5.58 Å². The Morgan fingerprint density at radius 2 is 1.63 bits per heavy atom. The van der Waals surface area contributed by atoms with Crippen molar-refractivity contribution in [3.05, 3.63) is 137 Å². The summed E-state index contributed by atoms with van der Waals surface area (Å²) in [5.41, 5.74) is 3.81. The Labute approximate surface area is 327 Å². The first kappa shape index (κ1) is 28.9. The van der Waals surface area contributed by atoms with E-state index in [9.17, 15) is 0 Å². The van der Waals surface area contributed by atoms with E-state index >= 15 is 8.78 Å². The second-order valence-corrected chi connectivity index (χ2v) is 14.6. The van der Waals surface area contributed by atoms with Crippen LogP contribution in [0.1, 0.15) is 79.1 Å². The summed E-state index contributed by atoms with van der Waals surface area (Å²) in [7, 11) is 0. The van der Waals surface area contributed by atoms with Crippen molar-refractivity contribution in [3.63, 3.8) is 0 Å². The van der Waals surface area contributed by atoms with Crippen LogP contribution in [0.25, 0.3) is 55.7 Å². The van der Waals surface area contributed by atoms with E-state index in [1.165, 1.54) is 18.2 Å². The minimum Gasteiger partial charge on any atom is -0.486 e. The van der Waals surface area contributed by atoms with E-state index in [2.05, 4.69) is 47.9 Å². The molecule has 0 saturated heterocycles. The van der Waals surface area contributed by atoms with Crippen molar-refractivity contribution in [2.45, 2.75) is 72.5 Å². The van der Waals surface area contributed by atoms with E-state index in [1.54, 1.807) is 67.0 Å². The Hall–Kier alpha value is -4.58. The number of alkyl halides is 2. The second kappa shape index (κ2) is 14.1. The number of fused-ring (bicyclic) bond motifs is 6. The van der Waals surface area contributed by atoms with Crippen LogP contribution in [0.15, 0.2) is 102 Å². The zero-order valence-electron chi connectivity index (χ0n) is 36.6. The van der Waals surface area contributed by atoms with Crippen molar-refractivity contribution in [1.29, 1.82) is 0 Å². The molecule has 1 aliphatic rings. The number of furan rings is 1. The fourth-order valence-electron chi connectivity index (χ4n) is 6.15. The molecule has 0 aliphatic heterocycles. The first-order chi connectivity index (χ1) is 26.9. The van der Waals surface area contributed by atoms with Gasteiger partial charge in [-0.2, -0.15) is 0 Å². The van der Waals surface area contributed by atoms with Crippen molar-refractivity contribution < 1.29 is 42.9 Å². The minimum atomic E-state index is -3.66. The maximum absolute atomic E-state index is 15.2. The maximum atomic E-state index is 15.2. The van der Waals surface area contributed by atoms with Gasteiger partial charge in [-0.05, 0) is 64.8 Å². The molecule has 267 valence electrons. The van der Waals surface area contributed by atoms with E-state index in [0.717, 1.165) is 10.9 Å². The van der Waals surface area contributed by atoms with Gasteiger partial charge < -0.3 is 14.4 Å². The predicted molar refractivity (Wildman–Crippen MR) is 202 cm³/mol. The van der Waals surface area contributed by atoms with Gasteiger partial charge in [-0.1, -0.05) is 106 Å². The third kappa shape index (κ3) is 7.49. The molecule has 0 spiro atoms. The van der Waals surface area contributed by atoms with Crippen LogP contribution >= 0.6 is 0 Å². The van der Waals surface area contributed by atoms with E-state index in [4.69, 9.17) is 14.0 Å². The van der Waals surface area contributed by atoms with Crippen molar-refractivity contribution >= 4 is 22.1 Å². The zero-order chi connectivity index (χ0) is 42.2. The van der Waals surface area contributed by atoms with Crippen LogP contribution in [0.2, 0.25) is 0 Å². The number of pyridine rings is 3. The third-order valence-electron chi connectivity index (χ3n) is 8.55. The van der Waals surface area contributed by atoms with Crippen molar-refractivity contribution in [1.82, 2.24) is 15.0 Å². The number of halogens is 2. The van der Waals surface area contributed by atoms with Gasteiger partial charge in [-0.3, -0.25) is 0 Å². The van der Waals surface area contributed by atoms with Crippen LogP contribution in [-0.2, 0) is 44.2 Å². The van der Waals surface area contributed by atoms with E-state index < -0.39 is 30.9 Å². The van der Waals surface area contributed by atoms with Crippen LogP contribution in [0, 0.1) is 24.4 Å². The molecular weight excluding hydrogens is 829 g/mol. The molecule has 1 radical (unpaired) electrons. The van der Waals surface area contributed by atoms with Gasteiger partial charge in [-0.25, -0.2) is 13.8 Å². The van der Waals surface area contributed by atoms with Gasteiger partial charge in [-0.15, -0.1) is 47.5 Å². The summed E-state index contributed by atoms with van der Waals surface area (Å²) in [6, 6.07) is 29.3. The largest absolute Gasteiger partial charge is 0.486 e. The molecule has 4 nitrogen and oxygen atoms in total.